The molecule has 1 aromatic rings. The second-order valence-corrected chi connectivity index (χ2v) is 6.13. The van der Waals surface area contributed by atoms with Crippen LogP contribution >= 0.6 is 0 Å². The van der Waals surface area contributed by atoms with Crippen LogP contribution in [0.4, 0.5) is 0 Å². The molecule has 21 heavy (non-hydrogen) atoms. The molecule has 2 atom stereocenters. The lowest BCUT2D eigenvalue weighted by atomic mass is 9.91. The van der Waals surface area contributed by atoms with Crippen LogP contribution in [0.5, 0.6) is 5.75 Å². The largest absolute Gasteiger partial charge is 0.496 e. The number of benzene rings is 1. The molecular formula is C18H25NO2. The number of rotatable bonds is 3. The minimum atomic E-state index is -0.109. The average Bonchev–Trinajstić information content (AvgIpc) is 2.44. The monoisotopic (exact) mass is 287 g/mol. The first kappa shape index (κ1) is 15.9. The summed E-state index contributed by atoms with van der Waals surface area (Å²) in [5.74, 6) is 8.07. The molecule has 0 amide bonds. The summed E-state index contributed by atoms with van der Waals surface area (Å²) in [4.78, 5) is 2.50. The van der Waals surface area contributed by atoms with Crippen molar-refractivity contribution in [3.63, 3.8) is 0 Å². The fraction of sp³-hybridized carbons (Fsp3) is 0.556. The van der Waals surface area contributed by atoms with Crippen molar-refractivity contribution in [1.29, 1.82) is 0 Å². The van der Waals surface area contributed by atoms with E-state index in [1.807, 2.05) is 12.1 Å². The molecule has 3 nitrogen and oxygen atoms in total. The molecular weight excluding hydrogens is 262 g/mol. The van der Waals surface area contributed by atoms with Gasteiger partial charge < -0.3 is 9.84 Å². The molecule has 0 spiro atoms. The second-order valence-electron chi connectivity index (χ2n) is 6.13. The standard InChI is InChI=1S/C18H25NO2/c1-14-9-15(2)12-19(11-14)13-17-10-16(5-4-8-20)6-7-18(17)21-3/h6-7,10,14-15,20H,8-9,11-13H2,1-3H3. The van der Waals surface area contributed by atoms with Crippen molar-refractivity contribution in [2.75, 3.05) is 26.8 Å². The average molecular weight is 287 g/mol. The number of piperidine rings is 1. The van der Waals surface area contributed by atoms with Gasteiger partial charge in [-0.05, 0) is 36.5 Å². The molecule has 0 aromatic heterocycles. The van der Waals surface area contributed by atoms with Crippen LogP contribution in [0.25, 0.3) is 0 Å². The summed E-state index contributed by atoms with van der Waals surface area (Å²) in [6, 6.07) is 5.98. The smallest absolute Gasteiger partial charge is 0.123 e. The first-order chi connectivity index (χ1) is 10.1. The maximum Gasteiger partial charge on any atom is 0.123 e. The van der Waals surface area contributed by atoms with Crippen molar-refractivity contribution < 1.29 is 9.84 Å². The van der Waals surface area contributed by atoms with E-state index >= 15 is 0 Å². The van der Waals surface area contributed by atoms with E-state index in [0.717, 1.165) is 42.8 Å². The number of nitrogens with zero attached hydrogens (tertiary/aromatic N) is 1. The van der Waals surface area contributed by atoms with E-state index in [0.29, 0.717) is 0 Å². The Morgan fingerprint density at radius 2 is 2.00 bits per heavy atom. The van der Waals surface area contributed by atoms with Crippen molar-refractivity contribution in [1.82, 2.24) is 4.90 Å². The molecule has 2 rings (SSSR count). The number of hydrogen-bond donors (Lipinski definition) is 1. The van der Waals surface area contributed by atoms with Gasteiger partial charge in [0.05, 0.1) is 7.11 Å². The Morgan fingerprint density at radius 1 is 1.29 bits per heavy atom. The molecule has 114 valence electrons. The summed E-state index contributed by atoms with van der Waals surface area (Å²) < 4.78 is 5.48. The molecule has 0 bridgehead atoms. The third-order valence-corrected chi connectivity index (χ3v) is 3.93. The molecule has 1 saturated heterocycles. The number of aliphatic hydroxyl groups is 1. The zero-order valence-corrected chi connectivity index (χ0v) is 13.2. The zero-order valence-electron chi connectivity index (χ0n) is 13.2. The summed E-state index contributed by atoms with van der Waals surface area (Å²) >= 11 is 0. The van der Waals surface area contributed by atoms with E-state index in [9.17, 15) is 0 Å². The SMILES string of the molecule is COc1ccc(C#CCO)cc1CN1CC(C)CC(C)C1. The Labute approximate surface area is 127 Å². The molecule has 1 N–H and O–H groups in total. The van der Waals surface area contributed by atoms with Gasteiger partial charge in [0.15, 0.2) is 0 Å². The summed E-state index contributed by atoms with van der Waals surface area (Å²) in [6.07, 6.45) is 1.32. The molecule has 1 aliphatic rings. The minimum Gasteiger partial charge on any atom is -0.496 e. The first-order valence-corrected chi connectivity index (χ1v) is 7.61. The van der Waals surface area contributed by atoms with Crippen molar-refractivity contribution in [3.8, 4) is 17.6 Å². The fourth-order valence-corrected chi connectivity index (χ4v) is 3.28. The maximum absolute atomic E-state index is 8.81. The predicted molar refractivity (Wildman–Crippen MR) is 85.2 cm³/mol. The van der Waals surface area contributed by atoms with Crippen molar-refractivity contribution >= 4 is 0 Å². The number of methoxy groups -OCH3 is 1. The van der Waals surface area contributed by atoms with E-state index in [4.69, 9.17) is 9.84 Å². The van der Waals surface area contributed by atoms with E-state index in [1.165, 1.54) is 12.0 Å². The second kappa shape index (κ2) is 7.49. The fourth-order valence-electron chi connectivity index (χ4n) is 3.28. The number of hydrogen-bond acceptors (Lipinski definition) is 3. The number of ether oxygens (including phenoxy) is 1. The molecule has 1 aromatic carbocycles. The Kier molecular flexibility index (Phi) is 5.67. The Morgan fingerprint density at radius 3 is 2.62 bits per heavy atom. The predicted octanol–water partition coefficient (Wildman–Crippen LogP) is 2.52. The highest BCUT2D eigenvalue weighted by Crippen LogP contribution is 2.26. The molecule has 1 aliphatic heterocycles. The van der Waals surface area contributed by atoms with E-state index < -0.39 is 0 Å². The van der Waals surface area contributed by atoms with Gasteiger partial charge in [0, 0.05) is 30.8 Å². The molecule has 3 heteroatoms. The first-order valence-electron chi connectivity index (χ1n) is 7.61. The van der Waals surface area contributed by atoms with E-state index in [-0.39, 0.29) is 6.61 Å². The van der Waals surface area contributed by atoms with Crippen LogP contribution in [0.2, 0.25) is 0 Å². The third kappa shape index (κ3) is 4.49. The van der Waals surface area contributed by atoms with Crippen LogP contribution in [0, 0.1) is 23.7 Å². The van der Waals surface area contributed by atoms with Crippen LogP contribution in [-0.4, -0.2) is 36.8 Å². The summed E-state index contributed by atoms with van der Waals surface area (Å²) in [7, 11) is 1.71. The maximum atomic E-state index is 8.81. The van der Waals surface area contributed by atoms with Gasteiger partial charge in [0.1, 0.15) is 12.4 Å². The number of likely N-dealkylation sites (tertiary alicyclic amines) is 1. The topological polar surface area (TPSA) is 32.7 Å². The van der Waals surface area contributed by atoms with Gasteiger partial charge in [-0.15, -0.1) is 0 Å². The Hall–Kier alpha value is -1.50. The van der Waals surface area contributed by atoms with Gasteiger partial charge in [-0.1, -0.05) is 25.7 Å². The van der Waals surface area contributed by atoms with Crippen molar-refractivity contribution in [3.05, 3.63) is 29.3 Å². The van der Waals surface area contributed by atoms with E-state index in [2.05, 4.69) is 36.7 Å². The van der Waals surface area contributed by atoms with Crippen molar-refractivity contribution in [2.24, 2.45) is 11.8 Å². The van der Waals surface area contributed by atoms with Gasteiger partial charge in [0.2, 0.25) is 0 Å². The van der Waals surface area contributed by atoms with Gasteiger partial charge in [0.25, 0.3) is 0 Å². The molecule has 2 unspecified atom stereocenters. The lowest BCUT2D eigenvalue weighted by Gasteiger charge is -2.35. The molecule has 0 radical (unpaired) electrons. The molecule has 0 aliphatic carbocycles. The zero-order chi connectivity index (χ0) is 15.2. The van der Waals surface area contributed by atoms with Gasteiger partial charge in [-0.3, -0.25) is 4.90 Å². The van der Waals surface area contributed by atoms with Crippen LogP contribution < -0.4 is 4.74 Å². The molecule has 1 heterocycles. The van der Waals surface area contributed by atoms with Gasteiger partial charge in [-0.2, -0.15) is 0 Å². The highest BCUT2D eigenvalue weighted by molar-refractivity contribution is 5.44. The van der Waals surface area contributed by atoms with Gasteiger partial charge >= 0.3 is 0 Å². The lowest BCUT2D eigenvalue weighted by molar-refractivity contribution is 0.133. The van der Waals surface area contributed by atoms with Crippen LogP contribution in [-0.2, 0) is 6.54 Å². The summed E-state index contributed by atoms with van der Waals surface area (Å²) in [6.45, 7) is 7.71. The van der Waals surface area contributed by atoms with Gasteiger partial charge in [-0.25, -0.2) is 0 Å². The normalized spacial score (nSPS) is 22.5. The lowest BCUT2D eigenvalue weighted by Crippen LogP contribution is -2.38. The van der Waals surface area contributed by atoms with Crippen LogP contribution in [0.3, 0.4) is 0 Å². The third-order valence-electron chi connectivity index (χ3n) is 3.93. The molecule has 1 fully saturated rings. The molecule has 0 saturated carbocycles. The Bertz CT molecular complexity index is 520. The Balaban J connectivity index is 2.16. The quantitative estimate of drug-likeness (QED) is 0.867. The number of aliphatic hydroxyl groups excluding tert-OH is 1. The van der Waals surface area contributed by atoms with Crippen LogP contribution in [0.1, 0.15) is 31.4 Å². The minimum absolute atomic E-state index is 0.109. The summed E-state index contributed by atoms with van der Waals surface area (Å²) in [5, 5.41) is 8.81. The van der Waals surface area contributed by atoms with Crippen molar-refractivity contribution in [2.45, 2.75) is 26.8 Å². The van der Waals surface area contributed by atoms with Crippen LogP contribution in [0.15, 0.2) is 18.2 Å². The highest BCUT2D eigenvalue weighted by atomic mass is 16.5. The highest BCUT2D eigenvalue weighted by Gasteiger charge is 2.22. The van der Waals surface area contributed by atoms with E-state index in [1.54, 1.807) is 7.11 Å². The summed E-state index contributed by atoms with van der Waals surface area (Å²) in [5.41, 5.74) is 2.10.